The van der Waals surface area contributed by atoms with E-state index in [1.807, 2.05) is 39.0 Å². The third-order valence-electron chi connectivity index (χ3n) is 5.17. The number of carbonyl (C=O) groups is 1. The van der Waals surface area contributed by atoms with Crippen LogP contribution in [0.4, 0.5) is 0 Å². The van der Waals surface area contributed by atoms with E-state index in [0.29, 0.717) is 25.8 Å². The van der Waals surface area contributed by atoms with Crippen molar-refractivity contribution in [3.8, 4) is 5.75 Å². The van der Waals surface area contributed by atoms with E-state index in [4.69, 9.17) is 4.74 Å². The van der Waals surface area contributed by atoms with Crippen LogP contribution in [0.1, 0.15) is 50.3 Å². The van der Waals surface area contributed by atoms with Gasteiger partial charge in [0, 0.05) is 25.1 Å². The number of ether oxygens (including phenoxy) is 1. The molecule has 0 spiro atoms. The molecule has 2 heterocycles. The van der Waals surface area contributed by atoms with Gasteiger partial charge in [-0.3, -0.25) is 4.79 Å². The van der Waals surface area contributed by atoms with Gasteiger partial charge in [-0.1, -0.05) is 12.1 Å². The van der Waals surface area contributed by atoms with Crippen LogP contribution in [0.2, 0.25) is 0 Å². The first kappa shape index (κ1) is 19.2. The van der Waals surface area contributed by atoms with Crippen molar-refractivity contribution in [2.24, 2.45) is 5.92 Å². The van der Waals surface area contributed by atoms with E-state index in [9.17, 15) is 13.2 Å². The van der Waals surface area contributed by atoms with E-state index in [0.717, 1.165) is 16.9 Å². The van der Waals surface area contributed by atoms with Crippen LogP contribution in [-0.4, -0.2) is 43.6 Å². The molecule has 2 aliphatic rings. The number of aryl methyl sites for hydroxylation is 1. The number of hydrogen-bond acceptors (Lipinski definition) is 4. The van der Waals surface area contributed by atoms with Gasteiger partial charge in [-0.2, -0.15) is 0 Å². The number of nitrogens with one attached hydrogen (secondary N) is 1. The second-order valence-corrected chi connectivity index (χ2v) is 10.1. The van der Waals surface area contributed by atoms with Gasteiger partial charge in [0.2, 0.25) is 15.9 Å². The first-order valence-electron chi connectivity index (χ1n) is 9.10. The van der Waals surface area contributed by atoms with Gasteiger partial charge in [0.05, 0.1) is 18.2 Å². The molecular weight excluding hydrogens is 352 g/mol. The molecule has 1 aromatic carbocycles. The zero-order chi connectivity index (χ0) is 19.1. The number of amides is 1. The quantitative estimate of drug-likeness (QED) is 0.874. The van der Waals surface area contributed by atoms with Crippen LogP contribution >= 0.6 is 0 Å². The number of piperidine rings is 1. The Morgan fingerprint density at radius 2 is 2.08 bits per heavy atom. The molecule has 2 aliphatic heterocycles. The maximum Gasteiger partial charge on any atom is 0.224 e. The van der Waals surface area contributed by atoms with E-state index < -0.39 is 10.0 Å². The third kappa shape index (κ3) is 4.20. The second kappa shape index (κ2) is 6.85. The average Bonchev–Trinajstić information content (AvgIpc) is 2.52. The Balaban J connectivity index is 1.77. The van der Waals surface area contributed by atoms with Gasteiger partial charge in [-0.25, -0.2) is 12.7 Å². The molecule has 0 aromatic heterocycles. The number of rotatable bonds is 3. The van der Waals surface area contributed by atoms with Crippen molar-refractivity contribution in [3.05, 3.63) is 29.3 Å². The highest BCUT2D eigenvalue weighted by Crippen LogP contribution is 2.40. The first-order valence-corrected chi connectivity index (χ1v) is 10.9. The second-order valence-electron chi connectivity index (χ2n) is 8.13. The van der Waals surface area contributed by atoms with E-state index in [1.54, 1.807) is 0 Å². The standard InChI is InChI=1S/C19H28N2O4S/c1-13-7-8-15-16(11-19(2,3)25-17(15)10-13)20-18(22)14-6-5-9-21(12-14)26(4,23)24/h7-8,10,14,16H,5-6,9,11-12H2,1-4H3,(H,20,22)/t14-,16+/m1/s1. The largest absolute Gasteiger partial charge is 0.487 e. The number of carbonyl (C=O) groups excluding carboxylic acids is 1. The highest BCUT2D eigenvalue weighted by Gasteiger charge is 2.37. The zero-order valence-corrected chi connectivity index (χ0v) is 16.7. The molecule has 1 saturated heterocycles. The fourth-order valence-electron chi connectivity index (χ4n) is 3.83. The maximum atomic E-state index is 12.9. The summed E-state index contributed by atoms with van der Waals surface area (Å²) in [5, 5.41) is 3.15. The summed E-state index contributed by atoms with van der Waals surface area (Å²) in [7, 11) is -3.26. The van der Waals surface area contributed by atoms with Crippen molar-refractivity contribution < 1.29 is 17.9 Å². The van der Waals surface area contributed by atoms with Gasteiger partial charge in [0.15, 0.2) is 0 Å². The minimum Gasteiger partial charge on any atom is -0.487 e. The molecule has 3 rings (SSSR count). The van der Waals surface area contributed by atoms with Gasteiger partial charge in [-0.05, 0) is 45.2 Å². The highest BCUT2D eigenvalue weighted by molar-refractivity contribution is 7.88. The maximum absolute atomic E-state index is 12.9. The minimum atomic E-state index is -3.26. The van der Waals surface area contributed by atoms with Crippen molar-refractivity contribution in [1.82, 2.24) is 9.62 Å². The Morgan fingerprint density at radius 1 is 1.35 bits per heavy atom. The van der Waals surface area contributed by atoms with E-state index in [1.165, 1.54) is 10.6 Å². The van der Waals surface area contributed by atoms with Crippen LogP contribution in [0.3, 0.4) is 0 Å². The van der Waals surface area contributed by atoms with Gasteiger partial charge in [-0.15, -0.1) is 0 Å². The molecule has 1 fully saturated rings. The molecule has 0 bridgehead atoms. The summed E-state index contributed by atoms with van der Waals surface area (Å²) in [6.07, 6.45) is 3.30. The highest BCUT2D eigenvalue weighted by atomic mass is 32.2. The molecule has 0 radical (unpaired) electrons. The number of sulfonamides is 1. The van der Waals surface area contributed by atoms with Crippen molar-refractivity contribution in [1.29, 1.82) is 0 Å². The van der Waals surface area contributed by atoms with Gasteiger partial charge >= 0.3 is 0 Å². The molecule has 6 nitrogen and oxygen atoms in total. The van der Waals surface area contributed by atoms with Crippen molar-refractivity contribution in [2.45, 2.75) is 51.7 Å². The monoisotopic (exact) mass is 380 g/mol. The zero-order valence-electron chi connectivity index (χ0n) is 15.9. The molecule has 1 amide bonds. The lowest BCUT2D eigenvalue weighted by atomic mass is 9.88. The average molecular weight is 381 g/mol. The van der Waals surface area contributed by atoms with E-state index in [-0.39, 0.29) is 30.0 Å². The lowest BCUT2D eigenvalue weighted by Crippen LogP contribution is -2.47. The summed E-state index contributed by atoms with van der Waals surface area (Å²) < 4.78 is 31.1. The van der Waals surface area contributed by atoms with Crippen LogP contribution in [0.15, 0.2) is 18.2 Å². The van der Waals surface area contributed by atoms with Gasteiger partial charge < -0.3 is 10.1 Å². The minimum absolute atomic E-state index is 0.0763. The molecule has 0 unspecified atom stereocenters. The molecular formula is C19H28N2O4S. The molecule has 0 aliphatic carbocycles. The Kier molecular flexibility index (Phi) is 5.05. The van der Waals surface area contributed by atoms with Crippen LogP contribution in [-0.2, 0) is 14.8 Å². The van der Waals surface area contributed by atoms with Crippen molar-refractivity contribution >= 4 is 15.9 Å². The van der Waals surface area contributed by atoms with Crippen LogP contribution in [0.5, 0.6) is 5.75 Å². The third-order valence-corrected chi connectivity index (χ3v) is 6.44. The molecule has 7 heteroatoms. The van der Waals surface area contributed by atoms with Crippen LogP contribution in [0, 0.1) is 12.8 Å². The van der Waals surface area contributed by atoms with E-state index in [2.05, 4.69) is 5.32 Å². The normalized spacial score (nSPS) is 25.8. The Labute approximate surface area is 156 Å². The van der Waals surface area contributed by atoms with Crippen LogP contribution < -0.4 is 10.1 Å². The topological polar surface area (TPSA) is 75.7 Å². The Hall–Kier alpha value is -1.60. The molecule has 26 heavy (non-hydrogen) atoms. The summed E-state index contributed by atoms with van der Waals surface area (Å²) in [6.45, 7) is 6.81. The van der Waals surface area contributed by atoms with Gasteiger partial charge in [0.25, 0.3) is 0 Å². The summed E-state index contributed by atoms with van der Waals surface area (Å²) in [5.41, 5.74) is 1.73. The SMILES string of the molecule is Cc1ccc2c(c1)OC(C)(C)C[C@@H]2NC(=O)[C@@H]1CCCN(S(C)(=O)=O)C1. The van der Waals surface area contributed by atoms with Crippen molar-refractivity contribution in [2.75, 3.05) is 19.3 Å². The number of fused-ring (bicyclic) bond motifs is 1. The van der Waals surface area contributed by atoms with Gasteiger partial charge in [0.1, 0.15) is 11.4 Å². The fraction of sp³-hybridized carbons (Fsp3) is 0.632. The lowest BCUT2D eigenvalue weighted by Gasteiger charge is -2.39. The fourth-order valence-corrected chi connectivity index (χ4v) is 4.75. The molecule has 1 aromatic rings. The smallest absolute Gasteiger partial charge is 0.224 e. The number of hydrogen-bond donors (Lipinski definition) is 1. The lowest BCUT2D eigenvalue weighted by molar-refractivity contribution is -0.127. The summed E-state index contributed by atoms with van der Waals surface area (Å²) in [6, 6.07) is 5.90. The molecule has 144 valence electrons. The predicted molar refractivity (Wildman–Crippen MR) is 101 cm³/mol. The summed E-state index contributed by atoms with van der Waals surface area (Å²) in [4.78, 5) is 12.9. The first-order chi connectivity index (χ1) is 12.0. The molecule has 2 atom stereocenters. The number of nitrogens with zero attached hydrogens (tertiary/aromatic N) is 1. The van der Waals surface area contributed by atoms with Crippen LogP contribution in [0.25, 0.3) is 0 Å². The number of benzene rings is 1. The molecule has 0 saturated carbocycles. The predicted octanol–water partition coefficient (Wildman–Crippen LogP) is 2.39. The Bertz CT molecular complexity index is 804. The van der Waals surface area contributed by atoms with Crippen molar-refractivity contribution in [3.63, 3.8) is 0 Å². The Morgan fingerprint density at radius 3 is 2.77 bits per heavy atom. The van der Waals surface area contributed by atoms with E-state index >= 15 is 0 Å². The molecule has 1 N–H and O–H groups in total. The summed E-state index contributed by atoms with van der Waals surface area (Å²) >= 11 is 0. The summed E-state index contributed by atoms with van der Waals surface area (Å²) in [5.74, 6) is 0.430.